The van der Waals surface area contributed by atoms with Crippen LogP contribution in [0.3, 0.4) is 0 Å². The van der Waals surface area contributed by atoms with E-state index in [-0.39, 0.29) is 0 Å². The molecule has 1 radical (unpaired) electrons. The first-order valence-corrected chi connectivity index (χ1v) is 3.19. The van der Waals surface area contributed by atoms with Gasteiger partial charge in [-0.15, -0.1) is 0 Å². The van der Waals surface area contributed by atoms with Crippen LogP contribution < -0.4 is 0 Å². The van der Waals surface area contributed by atoms with Gasteiger partial charge in [-0.25, -0.2) is 8.78 Å². The lowest BCUT2D eigenvalue weighted by Gasteiger charge is -2.33. The third kappa shape index (κ3) is 1.92. The Kier molecular flexibility index (Phi) is 3.47. The SMILES string of the molecule is [O]C(F)(F)C(F)(F)C(F)(F)C(F)(F)C(F)F. The van der Waals surface area contributed by atoms with Gasteiger partial charge in [0.25, 0.3) is 0 Å². The van der Waals surface area contributed by atoms with Crippen molar-refractivity contribution < 1.29 is 49.0 Å². The topological polar surface area (TPSA) is 19.9 Å². The Morgan fingerprint density at radius 1 is 0.688 bits per heavy atom. The van der Waals surface area contributed by atoms with Crippen LogP contribution in [0.5, 0.6) is 0 Å². The summed E-state index contributed by atoms with van der Waals surface area (Å²) in [6.45, 7) is 0. The van der Waals surface area contributed by atoms with Gasteiger partial charge in [-0.3, -0.25) is 0 Å². The molecule has 0 saturated carbocycles. The molecule has 0 N–H and O–H groups in total. The van der Waals surface area contributed by atoms with Crippen LogP contribution in [-0.4, -0.2) is 30.3 Å². The summed E-state index contributed by atoms with van der Waals surface area (Å²) in [5.41, 5.74) is 0. The third-order valence-electron chi connectivity index (χ3n) is 1.45. The van der Waals surface area contributed by atoms with E-state index in [0.29, 0.717) is 0 Å². The highest BCUT2D eigenvalue weighted by atomic mass is 19.4. The predicted octanol–water partition coefficient (Wildman–Crippen LogP) is 3.18. The van der Waals surface area contributed by atoms with Crippen molar-refractivity contribution in [1.82, 2.24) is 0 Å². The van der Waals surface area contributed by atoms with E-state index in [1.165, 1.54) is 0 Å². The highest BCUT2D eigenvalue weighted by molar-refractivity contribution is 5.01. The summed E-state index contributed by atoms with van der Waals surface area (Å²) < 4.78 is 117. The van der Waals surface area contributed by atoms with Crippen LogP contribution in [0, 0.1) is 0 Å². The number of rotatable bonds is 4. The van der Waals surface area contributed by atoms with Gasteiger partial charge in [0.1, 0.15) is 0 Å². The van der Waals surface area contributed by atoms with E-state index in [4.69, 9.17) is 0 Å². The van der Waals surface area contributed by atoms with Crippen molar-refractivity contribution in [2.24, 2.45) is 0 Å². The minimum atomic E-state index is -7.18. The van der Waals surface area contributed by atoms with Crippen LogP contribution in [0.4, 0.5) is 43.9 Å². The zero-order valence-electron chi connectivity index (χ0n) is 6.77. The predicted molar refractivity (Wildman–Crippen MR) is 26.5 cm³/mol. The van der Waals surface area contributed by atoms with Gasteiger partial charge in [0, 0.05) is 0 Å². The number of hydrogen-bond donors (Lipinski definition) is 0. The van der Waals surface area contributed by atoms with Crippen LogP contribution in [0.15, 0.2) is 0 Å². The highest BCUT2D eigenvalue weighted by Gasteiger charge is 2.83. The Hall–Kier alpha value is -0.740. The molecule has 0 atom stereocenters. The third-order valence-corrected chi connectivity index (χ3v) is 1.45. The van der Waals surface area contributed by atoms with E-state index in [2.05, 4.69) is 0 Å². The van der Waals surface area contributed by atoms with Gasteiger partial charge < -0.3 is 0 Å². The average molecular weight is 267 g/mol. The molecule has 97 valence electrons. The lowest BCUT2D eigenvalue weighted by molar-refractivity contribution is -0.440. The van der Waals surface area contributed by atoms with Crippen molar-refractivity contribution in [3.8, 4) is 0 Å². The summed E-state index contributed by atoms with van der Waals surface area (Å²) in [6.07, 6.45) is -12.2. The van der Waals surface area contributed by atoms with Crippen LogP contribution in [0.2, 0.25) is 0 Å². The zero-order chi connectivity index (χ0) is 13.6. The summed E-state index contributed by atoms with van der Waals surface area (Å²) in [6, 6.07) is 0. The first kappa shape index (κ1) is 15.3. The van der Waals surface area contributed by atoms with E-state index in [1.54, 1.807) is 0 Å². The molecule has 0 fully saturated rings. The molecule has 0 rings (SSSR count). The van der Waals surface area contributed by atoms with Crippen molar-refractivity contribution in [2.45, 2.75) is 30.3 Å². The summed E-state index contributed by atoms with van der Waals surface area (Å²) in [7, 11) is 0. The van der Waals surface area contributed by atoms with Crippen molar-refractivity contribution in [3.63, 3.8) is 0 Å². The van der Waals surface area contributed by atoms with Crippen molar-refractivity contribution in [3.05, 3.63) is 0 Å². The molecule has 0 heterocycles. The maximum atomic E-state index is 12.1. The normalized spacial score (nSPS) is 15.8. The van der Waals surface area contributed by atoms with Crippen LogP contribution in [0.1, 0.15) is 0 Å². The number of halogens is 10. The molecule has 0 aliphatic heterocycles. The first-order chi connectivity index (χ1) is 6.69. The number of alkyl halides is 10. The summed E-state index contributed by atoms with van der Waals surface area (Å²) in [4.78, 5) is 0. The van der Waals surface area contributed by atoms with E-state index in [9.17, 15) is 49.0 Å². The van der Waals surface area contributed by atoms with E-state index in [1.807, 2.05) is 0 Å². The number of hydrogen-bond acceptors (Lipinski definition) is 0. The fraction of sp³-hybridized carbons (Fsp3) is 1.00. The van der Waals surface area contributed by atoms with Gasteiger partial charge >= 0.3 is 30.3 Å². The highest BCUT2D eigenvalue weighted by Crippen LogP contribution is 2.53. The molecule has 1 nitrogen and oxygen atoms in total. The van der Waals surface area contributed by atoms with Gasteiger partial charge in [-0.1, -0.05) is 0 Å². The average Bonchev–Trinajstić information content (AvgIpc) is 2.00. The van der Waals surface area contributed by atoms with Crippen molar-refractivity contribution in [1.29, 1.82) is 0 Å². The van der Waals surface area contributed by atoms with Crippen LogP contribution in [-0.2, 0) is 5.11 Å². The first-order valence-electron chi connectivity index (χ1n) is 3.19. The summed E-state index contributed by atoms with van der Waals surface area (Å²) >= 11 is 0. The van der Waals surface area contributed by atoms with E-state index >= 15 is 0 Å². The Morgan fingerprint density at radius 3 is 1.19 bits per heavy atom. The molecule has 0 saturated heterocycles. The van der Waals surface area contributed by atoms with Crippen molar-refractivity contribution in [2.75, 3.05) is 0 Å². The minimum Gasteiger partial charge on any atom is -0.203 e. The van der Waals surface area contributed by atoms with E-state index in [0.717, 1.165) is 0 Å². The second-order valence-electron chi connectivity index (χ2n) is 2.59. The molecule has 11 heteroatoms. The molecule has 0 aromatic rings. The van der Waals surface area contributed by atoms with Crippen LogP contribution in [0.25, 0.3) is 0 Å². The molecule has 0 bridgehead atoms. The maximum absolute atomic E-state index is 12.1. The molecule has 16 heavy (non-hydrogen) atoms. The standard InChI is InChI=1S/C5HF10O/c6-1(7)2(8,9)3(10,11)4(12,13)5(14,15)16/h1H. The van der Waals surface area contributed by atoms with Gasteiger partial charge in [0.15, 0.2) is 0 Å². The van der Waals surface area contributed by atoms with E-state index < -0.39 is 30.3 Å². The molecule has 0 aliphatic carbocycles. The summed E-state index contributed by atoms with van der Waals surface area (Å²) in [5.74, 6) is -21.1. The quantitative estimate of drug-likeness (QED) is 0.697. The molecule has 0 amide bonds. The monoisotopic (exact) mass is 267 g/mol. The Morgan fingerprint density at radius 2 is 1.00 bits per heavy atom. The van der Waals surface area contributed by atoms with Gasteiger partial charge in [-0.05, 0) is 0 Å². The Balaban J connectivity index is 5.53. The second-order valence-corrected chi connectivity index (χ2v) is 2.59. The fourth-order valence-corrected chi connectivity index (χ4v) is 0.529. The van der Waals surface area contributed by atoms with Crippen LogP contribution >= 0.6 is 0 Å². The molecule has 0 aromatic carbocycles. The lowest BCUT2D eigenvalue weighted by Crippen LogP contribution is -2.63. The largest absolute Gasteiger partial charge is 0.452 e. The fourth-order valence-electron chi connectivity index (χ4n) is 0.529. The molecule has 0 aromatic heterocycles. The molecule has 0 spiro atoms. The minimum absolute atomic E-state index is 5.34. The van der Waals surface area contributed by atoms with Gasteiger partial charge in [-0.2, -0.15) is 40.2 Å². The Labute approximate surface area is 80.6 Å². The van der Waals surface area contributed by atoms with Gasteiger partial charge in [0.05, 0.1) is 0 Å². The maximum Gasteiger partial charge on any atom is 0.452 e. The molecular weight excluding hydrogens is 266 g/mol. The molecule has 0 unspecified atom stereocenters. The van der Waals surface area contributed by atoms with Crippen molar-refractivity contribution >= 4 is 0 Å². The second kappa shape index (κ2) is 3.64. The Bertz CT molecular complexity index is 252. The smallest absolute Gasteiger partial charge is 0.203 e. The lowest BCUT2D eigenvalue weighted by atomic mass is 10.0. The summed E-state index contributed by atoms with van der Waals surface area (Å²) in [5, 5.41) is 9.30. The molecule has 0 aliphatic rings. The van der Waals surface area contributed by atoms with Gasteiger partial charge in [0.2, 0.25) is 0 Å². The zero-order valence-corrected chi connectivity index (χ0v) is 6.77. The molecular formula is C5HF10O.